The predicted octanol–water partition coefficient (Wildman–Crippen LogP) is 1.86. The van der Waals surface area contributed by atoms with Crippen molar-refractivity contribution in [2.75, 3.05) is 13.2 Å². The number of pyridine rings is 1. The van der Waals surface area contributed by atoms with Crippen LogP contribution in [0.4, 0.5) is 0 Å². The Hall–Kier alpha value is -2.21. The Balaban J connectivity index is 1.40. The summed E-state index contributed by atoms with van der Waals surface area (Å²) in [5.74, 6) is 1.76. The highest BCUT2D eigenvalue weighted by Crippen LogP contribution is 2.32. The predicted molar refractivity (Wildman–Crippen MR) is 87.8 cm³/mol. The van der Waals surface area contributed by atoms with Gasteiger partial charge in [0.25, 0.3) is 0 Å². The van der Waals surface area contributed by atoms with E-state index in [9.17, 15) is 4.79 Å². The van der Waals surface area contributed by atoms with Crippen molar-refractivity contribution < 1.29 is 9.53 Å². The van der Waals surface area contributed by atoms with E-state index in [1.165, 1.54) is 0 Å². The van der Waals surface area contributed by atoms with Crippen LogP contribution in [0, 0.1) is 11.8 Å². The van der Waals surface area contributed by atoms with Crippen LogP contribution in [0.25, 0.3) is 0 Å². The van der Waals surface area contributed by atoms with Crippen molar-refractivity contribution in [1.82, 2.24) is 19.4 Å². The van der Waals surface area contributed by atoms with Gasteiger partial charge in [-0.05, 0) is 25.0 Å². The highest BCUT2D eigenvalue weighted by molar-refractivity contribution is 5.81. The van der Waals surface area contributed by atoms with Crippen LogP contribution in [-0.4, -0.2) is 38.5 Å². The molecule has 6 heteroatoms. The molecule has 0 N–H and O–H groups in total. The highest BCUT2D eigenvalue weighted by Gasteiger charge is 2.35. The monoisotopic (exact) mass is 326 g/mol. The number of hydrogen-bond donors (Lipinski definition) is 0. The summed E-state index contributed by atoms with van der Waals surface area (Å²) in [5.41, 5.74) is 0.931. The van der Waals surface area contributed by atoms with Crippen LogP contribution in [0.5, 0.6) is 0 Å². The van der Waals surface area contributed by atoms with E-state index in [4.69, 9.17) is 4.74 Å². The molecule has 126 valence electrons. The van der Waals surface area contributed by atoms with Gasteiger partial charge in [-0.1, -0.05) is 6.07 Å². The second-order valence-corrected chi connectivity index (χ2v) is 6.69. The number of imidazole rings is 1. The summed E-state index contributed by atoms with van der Waals surface area (Å²) in [5, 5.41) is 0. The van der Waals surface area contributed by atoms with Crippen molar-refractivity contribution in [3.63, 3.8) is 0 Å². The molecule has 2 aromatic heterocycles. The SMILES string of the molecule is O=C(C1CC1)N1Cc2nccn2C[C@H](COCc2ccccn2)C1. The lowest BCUT2D eigenvalue weighted by Gasteiger charge is -2.24. The Bertz CT molecular complexity index is 696. The first-order valence-electron chi connectivity index (χ1n) is 8.56. The molecular weight excluding hydrogens is 304 g/mol. The molecule has 0 saturated heterocycles. The van der Waals surface area contributed by atoms with Crippen LogP contribution in [-0.2, 0) is 29.2 Å². The minimum atomic E-state index is 0.238. The minimum Gasteiger partial charge on any atom is -0.375 e. The van der Waals surface area contributed by atoms with Gasteiger partial charge in [-0.3, -0.25) is 9.78 Å². The maximum absolute atomic E-state index is 12.5. The molecule has 0 spiro atoms. The molecule has 1 saturated carbocycles. The molecule has 24 heavy (non-hydrogen) atoms. The third-order valence-electron chi connectivity index (χ3n) is 4.64. The Kier molecular flexibility index (Phi) is 4.30. The molecule has 0 unspecified atom stereocenters. The number of hydrogen-bond acceptors (Lipinski definition) is 4. The fourth-order valence-corrected chi connectivity index (χ4v) is 3.22. The second kappa shape index (κ2) is 6.73. The van der Waals surface area contributed by atoms with Gasteiger partial charge < -0.3 is 14.2 Å². The Morgan fingerprint density at radius 1 is 1.21 bits per heavy atom. The van der Waals surface area contributed by atoms with Gasteiger partial charge in [0.15, 0.2) is 0 Å². The van der Waals surface area contributed by atoms with E-state index < -0.39 is 0 Å². The number of aromatic nitrogens is 3. The van der Waals surface area contributed by atoms with Crippen molar-refractivity contribution >= 4 is 5.91 Å². The van der Waals surface area contributed by atoms with Gasteiger partial charge in [-0.25, -0.2) is 4.98 Å². The summed E-state index contributed by atoms with van der Waals surface area (Å²) >= 11 is 0. The van der Waals surface area contributed by atoms with E-state index >= 15 is 0 Å². The van der Waals surface area contributed by atoms with Gasteiger partial charge in [-0.2, -0.15) is 0 Å². The Labute approximate surface area is 141 Å². The fraction of sp³-hybridized carbons (Fsp3) is 0.500. The first-order valence-corrected chi connectivity index (χ1v) is 8.56. The number of fused-ring (bicyclic) bond motifs is 1. The number of rotatable bonds is 5. The van der Waals surface area contributed by atoms with Crippen LogP contribution >= 0.6 is 0 Å². The maximum Gasteiger partial charge on any atom is 0.226 e. The molecule has 2 aliphatic rings. The minimum absolute atomic E-state index is 0.238. The second-order valence-electron chi connectivity index (χ2n) is 6.69. The van der Waals surface area contributed by atoms with E-state index in [0.717, 1.165) is 37.4 Å². The van der Waals surface area contributed by atoms with Gasteiger partial charge in [0.05, 0.1) is 25.5 Å². The lowest BCUT2D eigenvalue weighted by atomic mass is 10.1. The topological polar surface area (TPSA) is 60.2 Å². The molecule has 6 nitrogen and oxygen atoms in total. The zero-order valence-electron chi connectivity index (χ0n) is 13.7. The van der Waals surface area contributed by atoms with Gasteiger partial charge >= 0.3 is 0 Å². The van der Waals surface area contributed by atoms with Crippen molar-refractivity contribution in [3.05, 3.63) is 48.3 Å². The molecule has 1 fully saturated rings. The van der Waals surface area contributed by atoms with Crippen LogP contribution in [0.2, 0.25) is 0 Å². The van der Waals surface area contributed by atoms with E-state index in [-0.39, 0.29) is 17.7 Å². The summed E-state index contributed by atoms with van der Waals surface area (Å²) in [7, 11) is 0. The van der Waals surface area contributed by atoms with E-state index in [0.29, 0.717) is 19.8 Å². The molecule has 4 rings (SSSR count). The number of nitrogens with zero attached hydrogens (tertiary/aromatic N) is 4. The number of amides is 1. The average molecular weight is 326 g/mol. The molecule has 1 aliphatic carbocycles. The lowest BCUT2D eigenvalue weighted by Crippen LogP contribution is -2.36. The van der Waals surface area contributed by atoms with Gasteiger partial charge in [0.1, 0.15) is 5.82 Å². The number of carbonyl (C=O) groups excluding carboxylic acids is 1. The summed E-state index contributed by atoms with van der Waals surface area (Å²) in [6, 6.07) is 5.83. The molecule has 2 aromatic rings. The van der Waals surface area contributed by atoms with Crippen LogP contribution in [0.1, 0.15) is 24.4 Å². The summed E-state index contributed by atoms with van der Waals surface area (Å²) < 4.78 is 8.02. The largest absolute Gasteiger partial charge is 0.375 e. The standard InChI is InChI=1S/C18H22N4O2/c23-18(15-4-5-15)22-10-14(9-21-8-7-20-17(21)11-22)12-24-13-16-3-1-2-6-19-16/h1-3,6-8,14-15H,4-5,9-13H2/t14-/m0/s1. The molecule has 1 amide bonds. The van der Waals surface area contributed by atoms with E-state index in [1.54, 1.807) is 6.20 Å². The van der Waals surface area contributed by atoms with Crippen LogP contribution in [0.3, 0.4) is 0 Å². The van der Waals surface area contributed by atoms with Crippen molar-refractivity contribution in [3.8, 4) is 0 Å². The molecule has 0 radical (unpaired) electrons. The molecule has 0 aromatic carbocycles. The van der Waals surface area contributed by atoms with E-state index in [2.05, 4.69) is 14.5 Å². The van der Waals surface area contributed by atoms with Gasteiger partial charge in [-0.15, -0.1) is 0 Å². The van der Waals surface area contributed by atoms with E-state index in [1.807, 2.05) is 35.5 Å². The first kappa shape index (κ1) is 15.3. The lowest BCUT2D eigenvalue weighted by molar-refractivity contribution is -0.134. The fourth-order valence-electron chi connectivity index (χ4n) is 3.22. The van der Waals surface area contributed by atoms with Crippen molar-refractivity contribution in [2.24, 2.45) is 11.8 Å². The zero-order chi connectivity index (χ0) is 16.4. The van der Waals surface area contributed by atoms with Gasteiger partial charge in [0, 0.05) is 43.5 Å². The summed E-state index contributed by atoms with van der Waals surface area (Å²) in [4.78, 5) is 23.2. The third-order valence-corrected chi connectivity index (χ3v) is 4.64. The van der Waals surface area contributed by atoms with Crippen molar-refractivity contribution in [1.29, 1.82) is 0 Å². The number of ether oxygens (including phenoxy) is 1. The smallest absolute Gasteiger partial charge is 0.226 e. The molecule has 1 atom stereocenters. The zero-order valence-corrected chi connectivity index (χ0v) is 13.7. The summed E-state index contributed by atoms with van der Waals surface area (Å²) in [6.45, 7) is 3.30. The normalized spacial score (nSPS) is 20.5. The van der Waals surface area contributed by atoms with Crippen LogP contribution in [0.15, 0.2) is 36.8 Å². The third kappa shape index (κ3) is 3.48. The first-order chi connectivity index (χ1) is 11.8. The average Bonchev–Trinajstić information content (AvgIpc) is 3.39. The van der Waals surface area contributed by atoms with Crippen molar-refractivity contribution in [2.45, 2.75) is 32.5 Å². The Morgan fingerprint density at radius 2 is 2.12 bits per heavy atom. The van der Waals surface area contributed by atoms with Gasteiger partial charge in [0.2, 0.25) is 5.91 Å². The summed E-state index contributed by atoms with van der Waals surface area (Å²) in [6.07, 6.45) is 7.64. The molecule has 0 bridgehead atoms. The molecule has 1 aliphatic heterocycles. The highest BCUT2D eigenvalue weighted by atomic mass is 16.5. The molecular formula is C18H22N4O2. The molecule has 3 heterocycles. The number of carbonyl (C=O) groups is 1. The maximum atomic E-state index is 12.5. The Morgan fingerprint density at radius 3 is 2.92 bits per heavy atom. The van der Waals surface area contributed by atoms with Crippen LogP contribution < -0.4 is 0 Å². The quantitative estimate of drug-likeness (QED) is 0.841.